The Hall–Kier alpha value is -1.88. The van der Waals surface area contributed by atoms with Crippen LogP contribution in [0.3, 0.4) is 0 Å². The number of ether oxygens (including phenoxy) is 1. The summed E-state index contributed by atoms with van der Waals surface area (Å²) in [6.45, 7) is 0.0730. The van der Waals surface area contributed by atoms with Crippen molar-refractivity contribution in [2.45, 2.75) is 6.61 Å². The standard InChI is InChI=1S/C14H10BrFO3/c15-10-2-5-12(6-3-10)19-8-9-1-4-11(16)7-13(9)14(17)18/h1-7H,8H2,(H,17,18). The minimum absolute atomic E-state index is 0.0730. The quantitative estimate of drug-likeness (QED) is 0.928. The Kier molecular flexibility index (Phi) is 4.16. The van der Waals surface area contributed by atoms with Gasteiger partial charge in [-0.2, -0.15) is 0 Å². The van der Waals surface area contributed by atoms with Crippen LogP contribution in [0.2, 0.25) is 0 Å². The lowest BCUT2D eigenvalue weighted by atomic mass is 10.1. The first-order valence-corrected chi connectivity index (χ1v) is 6.25. The summed E-state index contributed by atoms with van der Waals surface area (Å²) in [5.41, 5.74) is 0.342. The molecule has 0 aromatic heterocycles. The van der Waals surface area contributed by atoms with E-state index >= 15 is 0 Å². The van der Waals surface area contributed by atoms with Crippen molar-refractivity contribution in [3.05, 3.63) is 63.9 Å². The van der Waals surface area contributed by atoms with Crippen LogP contribution < -0.4 is 4.74 Å². The van der Waals surface area contributed by atoms with Crippen LogP contribution in [0.25, 0.3) is 0 Å². The third-order valence-electron chi connectivity index (χ3n) is 2.51. The summed E-state index contributed by atoms with van der Waals surface area (Å²) >= 11 is 3.31. The van der Waals surface area contributed by atoms with Crippen LogP contribution in [-0.2, 0) is 6.61 Å². The summed E-state index contributed by atoms with van der Waals surface area (Å²) in [5, 5.41) is 9.00. The van der Waals surface area contributed by atoms with Gasteiger partial charge in [0.1, 0.15) is 18.2 Å². The first kappa shape index (κ1) is 13.5. The molecule has 0 atom stereocenters. The van der Waals surface area contributed by atoms with Gasteiger partial charge >= 0.3 is 5.97 Å². The summed E-state index contributed by atoms with van der Waals surface area (Å²) in [6.07, 6.45) is 0. The number of carbonyl (C=O) groups is 1. The molecule has 5 heteroatoms. The zero-order chi connectivity index (χ0) is 13.8. The second kappa shape index (κ2) is 5.84. The van der Waals surface area contributed by atoms with Crippen LogP contribution in [0, 0.1) is 5.82 Å². The number of hydrogen-bond acceptors (Lipinski definition) is 2. The molecule has 0 saturated heterocycles. The molecule has 0 saturated carbocycles. The Morgan fingerprint density at radius 3 is 2.53 bits per heavy atom. The third-order valence-corrected chi connectivity index (χ3v) is 3.04. The van der Waals surface area contributed by atoms with Crippen molar-refractivity contribution in [2.24, 2.45) is 0 Å². The SMILES string of the molecule is O=C(O)c1cc(F)ccc1COc1ccc(Br)cc1. The first-order valence-electron chi connectivity index (χ1n) is 5.46. The van der Waals surface area contributed by atoms with Gasteiger partial charge in [0.05, 0.1) is 5.56 Å². The average Bonchev–Trinajstić information content (AvgIpc) is 2.39. The zero-order valence-corrected chi connectivity index (χ0v) is 11.4. The maximum Gasteiger partial charge on any atom is 0.336 e. The Bertz CT molecular complexity index is 596. The molecule has 0 radical (unpaired) electrons. The van der Waals surface area contributed by atoms with Gasteiger partial charge in [-0.3, -0.25) is 0 Å². The molecule has 2 aromatic carbocycles. The van der Waals surface area contributed by atoms with E-state index in [1.165, 1.54) is 12.1 Å². The first-order chi connectivity index (χ1) is 9.06. The van der Waals surface area contributed by atoms with Gasteiger partial charge < -0.3 is 9.84 Å². The predicted octanol–water partition coefficient (Wildman–Crippen LogP) is 3.87. The molecule has 0 bridgehead atoms. The van der Waals surface area contributed by atoms with Crippen molar-refractivity contribution in [2.75, 3.05) is 0 Å². The highest BCUT2D eigenvalue weighted by Crippen LogP contribution is 2.19. The molecule has 2 rings (SSSR count). The number of aromatic carboxylic acids is 1. The van der Waals surface area contributed by atoms with Gasteiger partial charge in [-0.25, -0.2) is 9.18 Å². The molecule has 0 aliphatic rings. The van der Waals surface area contributed by atoms with Gasteiger partial charge in [-0.1, -0.05) is 22.0 Å². The molecule has 19 heavy (non-hydrogen) atoms. The molecular weight excluding hydrogens is 315 g/mol. The summed E-state index contributed by atoms with van der Waals surface area (Å²) in [6, 6.07) is 10.8. The van der Waals surface area contributed by atoms with Crippen molar-refractivity contribution < 1.29 is 19.0 Å². The maximum atomic E-state index is 13.0. The summed E-state index contributed by atoms with van der Waals surface area (Å²) in [7, 11) is 0. The van der Waals surface area contributed by atoms with Crippen LogP contribution in [0.15, 0.2) is 46.9 Å². The smallest absolute Gasteiger partial charge is 0.336 e. The molecular formula is C14H10BrFO3. The van der Waals surface area contributed by atoms with E-state index in [9.17, 15) is 9.18 Å². The third kappa shape index (κ3) is 3.54. The van der Waals surface area contributed by atoms with E-state index in [1.54, 1.807) is 12.1 Å². The van der Waals surface area contributed by atoms with Gasteiger partial charge in [-0.05, 0) is 36.4 Å². The topological polar surface area (TPSA) is 46.5 Å². The predicted molar refractivity (Wildman–Crippen MR) is 71.8 cm³/mol. The molecule has 0 heterocycles. The van der Waals surface area contributed by atoms with E-state index in [-0.39, 0.29) is 12.2 Å². The van der Waals surface area contributed by atoms with Crippen LogP contribution >= 0.6 is 15.9 Å². The summed E-state index contributed by atoms with van der Waals surface area (Å²) < 4.78 is 19.4. The number of benzene rings is 2. The summed E-state index contributed by atoms with van der Waals surface area (Å²) in [4.78, 5) is 11.0. The van der Waals surface area contributed by atoms with Gasteiger partial charge in [-0.15, -0.1) is 0 Å². The van der Waals surface area contributed by atoms with Crippen LogP contribution in [0.1, 0.15) is 15.9 Å². The van der Waals surface area contributed by atoms with Crippen LogP contribution in [0.4, 0.5) is 4.39 Å². The lowest BCUT2D eigenvalue weighted by molar-refractivity contribution is 0.0693. The van der Waals surface area contributed by atoms with Gasteiger partial charge in [0.2, 0.25) is 0 Å². The molecule has 0 amide bonds. The average molecular weight is 325 g/mol. The normalized spacial score (nSPS) is 10.2. The number of halogens is 2. The van der Waals surface area contributed by atoms with Crippen molar-refractivity contribution in [1.82, 2.24) is 0 Å². The second-order valence-corrected chi connectivity index (χ2v) is 4.76. The Morgan fingerprint density at radius 2 is 1.89 bits per heavy atom. The highest BCUT2D eigenvalue weighted by Gasteiger charge is 2.11. The van der Waals surface area contributed by atoms with Crippen molar-refractivity contribution in [3.8, 4) is 5.75 Å². The Labute approximate surface area is 117 Å². The van der Waals surface area contributed by atoms with Gasteiger partial charge in [0.15, 0.2) is 0 Å². The molecule has 0 unspecified atom stereocenters. The minimum Gasteiger partial charge on any atom is -0.489 e. The number of carboxylic acids is 1. The molecule has 0 aliphatic carbocycles. The lowest BCUT2D eigenvalue weighted by Gasteiger charge is -2.09. The molecule has 0 spiro atoms. The highest BCUT2D eigenvalue weighted by atomic mass is 79.9. The van der Waals surface area contributed by atoms with E-state index in [0.717, 1.165) is 10.5 Å². The molecule has 98 valence electrons. The van der Waals surface area contributed by atoms with E-state index in [0.29, 0.717) is 11.3 Å². The lowest BCUT2D eigenvalue weighted by Crippen LogP contribution is -2.06. The monoisotopic (exact) mass is 324 g/mol. The van der Waals surface area contributed by atoms with Crippen LogP contribution in [-0.4, -0.2) is 11.1 Å². The molecule has 0 aliphatic heterocycles. The summed E-state index contributed by atoms with van der Waals surface area (Å²) in [5.74, 6) is -1.14. The van der Waals surface area contributed by atoms with Crippen molar-refractivity contribution >= 4 is 21.9 Å². The molecule has 2 aromatic rings. The molecule has 1 N–H and O–H groups in total. The van der Waals surface area contributed by atoms with E-state index in [4.69, 9.17) is 9.84 Å². The number of rotatable bonds is 4. The zero-order valence-electron chi connectivity index (χ0n) is 9.77. The van der Waals surface area contributed by atoms with Crippen LogP contribution in [0.5, 0.6) is 5.75 Å². The van der Waals surface area contributed by atoms with Gasteiger partial charge in [0.25, 0.3) is 0 Å². The fraction of sp³-hybridized carbons (Fsp3) is 0.0714. The Balaban J connectivity index is 2.15. The molecule has 3 nitrogen and oxygen atoms in total. The van der Waals surface area contributed by atoms with E-state index in [2.05, 4.69) is 15.9 Å². The maximum absolute atomic E-state index is 13.0. The van der Waals surface area contributed by atoms with Gasteiger partial charge in [0, 0.05) is 10.0 Å². The van der Waals surface area contributed by atoms with E-state index < -0.39 is 11.8 Å². The number of carboxylic acid groups (broad SMARTS) is 1. The fourth-order valence-corrected chi connectivity index (χ4v) is 1.83. The number of hydrogen-bond donors (Lipinski definition) is 1. The van der Waals surface area contributed by atoms with Crippen molar-refractivity contribution in [1.29, 1.82) is 0 Å². The largest absolute Gasteiger partial charge is 0.489 e. The fourth-order valence-electron chi connectivity index (χ4n) is 1.57. The Morgan fingerprint density at radius 1 is 1.21 bits per heavy atom. The second-order valence-electron chi connectivity index (χ2n) is 3.85. The highest BCUT2D eigenvalue weighted by molar-refractivity contribution is 9.10. The minimum atomic E-state index is -1.17. The van der Waals surface area contributed by atoms with Crippen molar-refractivity contribution in [3.63, 3.8) is 0 Å². The molecule has 0 fully saturated rings. The van der Waals surface area contributed by atoms with E-state index in [1.807, 2.05) is 12.1 Å².